The van der Waals surface area contributed by atoms with Crippen LogP contribution in [0.5, 0.6) is 5.75 Å². The van der Waals surface area contributed by atoms with Crippen LogP contribution in [0.2, 0.25) is 0 Å². The summed E-state index contributed by atoms with van der Waals surface area (Å²) in [5.41, 5.74) is 1.23. The average Bonchev–Trinajstić information content (AvgIpc) is 3.12. The molecule has 0 aliphatic rings. The van der Waals surface area contributed by atoms with Gasteiger partial charge in [0, 0.05) is 11.9 Å². The van der Waals surface area contributed by atoms with E-state index in [1.807, 2.05) is 6.07 Å². The first-order valence-electron chi connectivity index (χ1n) is 9.22. The minimum absolute atomic E-state index is 0.0733. The molecule has 0 fully saturated rings. The molecular formula is C21H16F3N3O4. The number of halogens is 3. The predicted molar refractivity (Wildman–Crippen MR) is 106 cm³/mol. The molecule has 0 saturated heterocycles. The van der Waals surface area contributed by atoms with Gasteiger partial charge in [0.25, 0.3) is 5.56 Å². The van der Waals surface area contributed by atoms with Crippen LogP contribution in [0.15, 0.2) is 64.1 Å². The van der Waals surface area contributed by atoms with Crippen LogP contribution in [0.3, 0.4) is 0 Å². The predicted octanol–water partition coefficient (Wildman–Crippen LogP) is 3.40. The largest absolute Gasteiger partial charge is 0.484 e. The van der Waals surface area contributed by atoms with Gasteiger partial charge < -0.3 is 14.5 Å². The highest BCUT2D eigenvalue weighted by molar-refractivity contribution is 6.01. The lowest BCUT2D eigenvalue weighted by molar-refractivity contribution is -0.153. The standard InChI is InChI=1S/C21H16F3N3O4/c22-21(23,24)11-30-14-7-5-13(6-8-14)9-25-17(28)10-27-12-26-18-15-3-1-2-4-16(15)31-19(18)20(27)29/h1-8,12H,9-11H2,(H,25,28). The van der Waals surface area contributed by atoms with Crippen molar-refractivity contribution in [2.75, 3.05) is 6.61 Å². The zero-order chi connectivity index (χ0) is 22.0. The highest BCUT2D eigenvalue weighted by atomic mass is 19.4. The summed E-state index contributed by atoms with van der Waals surface area (Å²) >= 11 is 0. The monoisotopic (exact) mass is 431 g/mol. The molecule has 1 amide bonds. The van der Waals surface area contributed by atoms with Gasteiger partial charge in [-0.05, 0) is 29.8 Å². The Labute approximate surface area is 173 Å². The smallest absolute Gasteiger partial charge is 0.422 e. The van der Waals surface area contributed by atoms with E-state index in [2.05, 4.69) is 15.0 Å². The molecule has 0 bridgehead atoms. The molecule has 4 aromatic rings. The van der Waals surface area contributed by atoms with Crippen LogP contribution in [-0.2, 0) is 17.9 Å². The van der Waals surface area contributed by atoms with Crippen LogP contribution in [0.4, 0.5) is 13.2 Å². The number of nitrogens with one attached hydrogen (secondary N) is 1. The van der Waals surface area contributed by atoms with E-state index in [4.69, 9.17) is 4.42 Å². The zero-order valence-corrected chi connectivity index (χ0v) is 16.0. The van der Waals surface area contributed by atoms with Gasteiger partial charge >= 0.3 is 6.18 Å². The number of aromatic nitrogens is 2. The van der Waals surface area contributed by atoms with E-state index in [1.54, 1.807) is 30.3 Å². The lowest BCUT2D eigenvalue weighted by atomic mass is 10.2. The van der Waals surface area contributed by atoms with Gasteiger partial charge in [-0.15, -0.1) is 0 Å². The Kier molecular flexibility index (Phi) is 5.37. The van der Waals surface area contributed by atoms with E-state index in [0.717, 1.165) is 4.57 Å². The van der Waals surface area contributed by atoms with Crippen molar-refractivity contribution in [3.63, 3.8) is 0 Å². The highest BCUT2D eigenvalue weighted by Gasteiger charge is 2.28. The molecule has 0 spiro atoms. The highest BCUT2D eigenvalue weighted by Crippen LogP contribution is 2.24. The number of hydrogen-bond donors (Lipinski definition) is 1. The van der Waals surface area contributed by atoms with Crippen molar-refractivity contribution in [3.8, 4) is 5.75 Å². The number of amides is 1. The van der Waals surface area contributed by atoms with Crippen molar-refractivity contribution >= 4 is 28.0 Å². The fraction of sp³-hybridized carbons (Fsp3) is 0.190. The number of carbonyl (C=O) groups is 1. The first-order valence-corrected chi connectivity index (χ1v) is 9.22. The van der Waals surface area contributed by atoms with Gasteiger partial charge in [-0.2, -0.15) is 13.2 Å². The van der Waals surface area contributed by atoms with Crippen LogP contribution >= 0.6 is 0 Å². The summed E-state index contributed by atoms with van der Waals surface area (Å²) in [7, 11) is 0. The van der Waals surface area contributed by atoms with Gasteiger partial charge in [0.2, 0.25) is 11.5 Å². The third kappa shape index (κ3) is 4.68. The van der Waals surface area contributed by atoms with E-state index >= 15 is 0 Å². The number of hydrogen-bond acceptors (Lipinski definition) is 5. The van der Waals surface area contributed by atoms with Crippen molar-refractivity contribution in [1.82, 2.24) is 14.9 Å². The van der Waals surface area contributed by atoms with Crippen molar-refractivity contribution in [2.24, 2.45) is 0 Å². The Morgan fingerprint density at radius 3 is 2.61 bits per heavy atom. The molecule has 0 atom stereocenters. The molecule has 0 radical (unpaired) electrons. The molecule has 2 aromatic carbocycles. The van der Waals surface area contributed by atoms with Gasteiger partial charge in [0.05, 0.1) is 6.33 Å². The van der Waals surface area contributed by atoms with E-state index in [-0.39, 0.29) is 24.4 Å². The van der Waals surface area contributed by atoms with E-state index < -0.39 is 24.2 Å². The number of rotatable bonds is 6. The summed E-state index contributed by atoms with van der Waals surface area (Å²) in [5.74, 6) is -0.360. The summed E-state index contributed by atoms with van der Waals surface area (Å²) in [6.07, 6.45) is -3.12. The fourth-order valence-electron chi connectivity index (χ4n) is 3.01. The molecular weight excluding hydrogens is 415 g/mol. The van der Waals surface area contributed by atoms with Crippen molar-refractivity contribution in [1.29, 1.82) is 0 Å². The normalized spacial score (nSPS) is 11.7. The second-order valence-electron chi connectivity index (χ2n) is 6.78. The first-order chi connectivity index (χ1) is 14.8. The number of nitrogens with zero attached hydrogens (tertiary/aromatic N) is 2. The number of fused-ring (bicyclic) bond motifs is 3. The van der Waals surface area contributed by atoms with Crippen LogP contribution in [0.1, 0.15) is 5.56 Å². The molecule has 0 unspecified atom stereocenters. The Hall–Kier alpha value is -3.82. The Morgan fingerprint density at radius 2 is 1.87 bits per heavy atom. The summed E-state index contributed by atoms with van der Waals surface area (Å²) in [5, 5.41) is 3.36. The maximum atomic E-state index is 12.6. The van der Waals surface area contributed by atoms with E-state index in [9.17, 15) is 22.8 Å². The van der Waals surface area contributed by atoms with Gasteiger partial charge in [0.1, 0.15) is 23.4 Å². The minimum atomic E-state index is -4.41. The Bertz CT molecular complexity index is 1290. The maximum absolute atomic E-state index is 12.6. The van der Waals surface area contributed by atoms with Crippen LogP contribution < -0.4 is 15.6 Å². The molecule has 0 aliphatic heterocycles. The lowest BCUT2D eigenvalue weighted by Gasteiger charge is -2.10. The molecule has 31 heavy (non-hydrogen) atoms. The number of furan rings is 1. The van der Waals surface area contributed by atoms with Gasteiger partial charge in [0.15, 0.2) is 6.61 Å². The number of benzene rings is 2. The molecule has 10 heteroatoms. The van der Waals surface area contributed by atoms with Gasteiger partial charge in [-0.1, -0.05) is 24.3 Å². The quantitative estimate of drug-likeness (QED) is 0.506. The molecule has 4 rings (SSSR count). The maximum Gasteiger partial charge on any atom is 0.422 e. The van der Waals surface area contributed by atoms with Crippen molar-refractivity contribution < 1.29 is 27.1 Å². The first kappa shape index (κ1) is 20.5. The summed E-state index contributed by atoms with van der Waals surface area (Å²) in [6, 6.07) is 13.0. The molecule has 0 aliphatic carbocycles. The number of alkyl halides is 3. The topological polar surface area (TPSA) is 86.4 Å². The third-order valence-electron chi connectivity index (χ3n) is 4.48. The fourth-order valence-corrected chi connectivity index (χ4v) is 3.01. The molecule has 2 heterocycles. The Morgan fingerprint density at radius 1 is 1.13 bits per heavy atom. The van der Waals surface area contributed by atoms with Crippen LogP contribution in [-0.4, -0.2) is 28.2 Å². The Balaban J connectivity index is 1.39. The second-order valence-corrected chi connectivity index (χ2v) is 6.78. The number of para-hydroxylation sites is 1. The third-order valence-corrected chi connectivity index (χ3v) is 4.48. The lowest BCUT2D eigenvalue weighted by Crippen LogP contribution is -2.32. The molecule has 160 valence electrons. The average molecular weight is 431 g/mol. The van der Waals surface area contributed by atoms with Crippen molar-refractivity contribution in [2.45, 2.75) is 19.3 Å². The summed E-state index contributed by atoms with van der Waals surface area (Å²) in [6.45, 7) is -1.50. The van der Waals surface area contributed by atoms with E-state index in [1.165, 1.54) is 18.5 Å². The van der Waals surface area contributed by atoms with Crippen molar-refractivity contribution in [3.05, 3.63) is 70.8 Å². The second kappa shape index (κ2) is 8.13. The molecule has 7 nitrogen and oxygen atoms in total. The van der Waals surface area contributed by atoms with E-state index in [0.29, 0.717) is 22.0 Å². The number of ether oxygens (including phenoxy) is 1. The molecule has 1 N–H and O–H groups in total. The summed E-state index contributed by atoms with van der Waals surface area (Å²) < 4.78 is 47.9. The number of carbonyl (C=O) groups excluding carboxylic acids is 1. The molecule has 2 aromatic heterocycles. The van der Waals surface area contributed by atoms with Crippen LogP contribution in [0, 0.1) is 0 Å². The van der Waals surface area contributed by atoms with Crippen LogP contribution in [0.25, 0.3) is 22.1 Å². The minimum Gasteiger partial charge on any atom is -0.484 e. The zero-order valence-electron chi connectivity index (χ0n) is 16.0. The van der Waals surface area contributed by atoms with Gasteiger partial charge in [-0.3, -0.25) is 14.2 Å². The van der Waals surface area contributed by atoms with Gasteiger partial charge in [-0.25, -0.2) is 4.98 Å². The molecule has 0 saturated carbocycles. The SMILES string of the molecule is O=C(Cn1cnc2c(oc3ccccc32)c1=O)NCc1ccc(OCC(F)(F)F)cc1. The summed E-state index contributed by atoms with van der Waals surface area (Å²) in [4.78, 5) is 29.1.